The molecule has 0 aliphatic carbocycles. The van der Waals surface area contributed by atoms with Crippen LogP contribution >= 0.6 is 11.5 Å². The summed E-state index contributed by atoms with van der Waals surface area (Å²) in [5.74, 6) is 0.0388. The molecule has 4 rings (SSSR count). The third kappa shape index (κ3) is 6.28. The molecule has 3 atom stereocenters. The van der Waals surface area contributed by atoms with Gasteiger partial charge in [-0.25, -0.2) is 26.2 Å². The van der Waals surface area contributed by atoms with Crippen LogP contribution in [0.15, 0.2) is 65.6 Å². The largest absolute Gasteiger partial charge is 0.493 e. The van der Waals surface area contributed by atoms with Crippen molar-refractivity contribution in [2.45, 2.75) is 48.4 Å². The van der Waals surface area contributed by atoms with E-state index in [0.717, 1.165) is 17.1 Å². The van der Waals surface area contributed by atoms with Gasteiger partial charge in [-0.2, -0.15) is 4.37 Å². The maximum atomic E-state index is 13.8. The first-order valence-electron chi connectivity index (χ1n) is 11.7. The molecule has 1 aromatic carbocycles. The zero-order valence-electron chi connectivity index (χ0n) is 20.5. The van der Waals surface area contributed by atoms with Crippen molar-refractivity contribution in [1.29, 1.82) is 0 Å². The molecule has 0 amide bonds. The van der Waals surface area contributed by atoms with E-state index in [-0.39, 0.29) is 22.1 Å². The highest BCUT2D eigenvalue weighted by Crippen LogP contribution is 2.42. The van der Waals surface area contributed by atoms with Crippen molar-refractivity contribution in [2.24, 2.45) is 0 Å². The van der Waals surface area contributed by atoms with Gasteiger partial charge >= 0.3 is 0 Å². The summed E-state index contributed by atoms with van der Waals surface area (Å²) in [5, 5.41) is -0.363. The number of nitrogens with one attached hydrogen (secondary N) is 1. The molecule has 0 saturated carbocycles. The molecule has 13 heteroatoms. The molecule has 1 saturated heterocycles. The zero-order valence-corrected chi connectivity index (χ0v) is 23.0. The van der Waals surface area contributed by atoms with Gasteiger partial charge in [-0.1, -0.05) is 24.8 Å². The molecule has 0 unspecified atom stereocenters. The standard InChI is InChI=1S/C24H29FN4O5S3/c1-4-17(25)6-5-16(2)22-13-18(36(3,30)31)9-11-29(22)21-10-12-34-23-14-19(7-8-20(21)23)37(32,33)28-24-26-15-27-35-24/h4-8,14-15,18,21-22H,2,9-13H2,1,3H3,(H,26,27,28)/b6-5-,17-4+/t18-,21-,22+/m0/s1. The van der Waals surface area contributed by atoms with Crippen molar-refractivity contribution >= 4 is 36.5 Å². The number of ether oxygens (including phenoxy) is 1. The van der Waals surface area contributed by atoms with Crippen LogP contribution in [0.3, 0.4) is 0 Å². The molecule has 1 N–H and O–H groups in total. The number of hydrogen-bond donors (Lipinski definition) is 1. The maximum absolute atomic E-state index is 13.8. The molecule has 0 spiro atoms. The van der Waals surface area contributed by atoms with Crippen LogP contribution in [0.2, 0.25) is 0 Å². The summed E-state index contributed by atoms with van der Waals surface area (Å²) < 4.78 is 76.2. The van der Waals surface area contributed by atoms with E-state index in [1.807, 2.05) is 0 Å². The lowest BCUT2D eigenvalue weighted by Crippen LogP contribution is -2.49. The van der Waals surface area contributed by atoms with Gasteiger partial charge in [0.15, 0.2) is 0 Å². The SMILES string of the molecule is C=C(/C=C\C(F)=C/C)[C@H]1C[C@@H](S(C)(=O)=O)CCN1[C@H]1CCOc2cc(S(=O)(=O)Nc3ncns3)ccc21. The van der Waals surface area contributed by atoms with Crippen LogP contribution in [0, 0.1) is 0 Å². The Kier molecular flexibility index (Phi) is 8.17. The molecular formula is C24H29FN4O5S3. The second kappa shape index (κ2) is 11.0. The number of benzene rings is 1. The third-order valence-corrected chi connectivity index (χ3v) is 10.3. The Morgan fingerprint density at radius 1 is 1.27 bits per heavy atom. The number of sulfonamides is 1. The van der Waals surface area contributed by atoms with Crippen molar-refractivity contribution in [1.82, 2.24) is 14.3 Å². The van der Waals surface area contributed by atoms with Crippen molar-refractivity contribution in [2.75, 3.05) is 24.1 Å². The van der Waals surface area contributed by atoms with Gasteiger partial charge in [-0.3, -0.25) is 9.62 Å². The van der Waals surface area contributed by atoms with Crippen molar-refractivity contribution in [3.05, 3.63) is 66.3 Å². The quantitative estimate of drug-likeness (QED) is 0.475. The number of nitrogens with zero attached hydrogens (tertiary/aromatic N) is 3. The second-order valence-electron chi connectivity index (χ2n) is 9.02. The highest BCUT2D eigenvalue weighted by atomic mass is 32.2. The van der Waals surface area contributed by atoms with Crippen molar-refractivity contribution in [3.63, 3.8) is 0 Å². The Balaban J connectivity index is 1.64. The average Bonchev–Trinajstić information content (AvgIpc) is 3.37. The minimum atomic E-state index is -3.89. The number of aromatic nitrogens is 2. The first-order valence-corrected chi connectivity index (χ1v) is 15.9. The fourth-order valence-electron chi connectivity index (χ4n) is 4.73. The summed E-state index contributed by atoms with van der Waals surface area (Å²) in [6.45, 7) is 6.58. The molecule has 3 heterocycles. The maximum Gasteiger partial charge on any atom is 0.263 e. The monoisotopic (exact) mass is 568 g/mol. The van der Waals surface area contributed by atoms with Crippen LogP contribution in [-0.4, -0.2) is 61.8 Å². The van der Waals surface area contributed by atoms with Crippen LogP contribution < -0.4 is 9.46 Å². The lowest BCUT2D eigenvalue weighted by molar-refractivity contribution is 0.0861. The number of sulfone groups is 1. The minimum Gasteiger partial charge on any atom is -0.493 e. The second-order valence-corrected chi connectivity index (χ2v) is 13.8. The van der Waals surface area contributed by atoms with Gasteiger partial charge in [0.25, 0.3) is 10.0 Å². The van der Waals surface area contributed by atoms with Gasteiger partial charge in [0.1, 0.15) is 27.7 Å². The van der Waals surface area contributed by atoms with E-state index in [9.17, 15) is 21.2 Å². The molecule has 2 aliphatic heterocycles. The summed E-state index contributed by atoms with van der Waals surface area (Å²) in [6.07, 6.45) is 8.18. The molecule has 200 valence electrons. The van der Waals surface area contributed by atoms with Crippen LogP contribution in [0.4, 0.5) is 9.52 Å². The number of rotatable bonds is 8. The van der Waals surface area contributed by atoms with E-state index in [1.165, 1.54) is 36.9 Å². The Bertz CT molecular complexity index is 1420. The number of likely N-dealkylation sites (tertiary alicyclic amines) is 1. The van der Waals surface area contributed by atoms with Crippen molar-refractivity contribution < 1.29 is 26.0 Å². The van der Waals surface area contributed by atoms with Gasteiger partial charge in [0.2, 0.25) is 5.13 Å². The highest BCUT2D eigenvalue weighted by Gasteiger charge is 2.40. The summed E-state index contributed by atoms with van der Waals surface area (Å²) in [7, 11) is -7.16. The van der Waals surface area contributed by atoms with Crippen LogP contribution in [0.25, 0.3) is 0 Å². The number of anilines is 1. The molecule has 1 aromatic heterocycles. The summed E-state index contributed by atoms with van der Waals surface area (Å²) >= 11 is 0.931. The predicted molar refractivity (Wildman–Crippen MR) is 142 cm³/mol. The first-order chi connectivity index (χ1) is 17.5. The van der Waals surface area contributed by atoms with Gasteiger partial charge in [-0.05, 0) is 37.5 Å². The van der Waals surface area contributed by atoms with Crippen LogP contribution in [-0.2, 0) is 19.9 Å². The predicted octanol–water partition coefficient (Wildman–Crippen LogP) is 4.03. The van der Waals surface area contributed by atoms with E-state index < -0.39 is 30.9 Å². The van der Waals surface area contributed by atoms with Gasteiger partial charge < -0.3 is 4.74 Å². The first kappa shape index (κ1) is 27.4. The highest BCUT2D eigenvalue weighted by molar-refractivity contribution is 7.93. The molecule has 2 aromatic rings. The van der Waals surface area contributed by atoms with Crippen LogP contribution in [0.1, 0.15) is 37.8 Å². The normalized spacial score (nSPS) is 23.4. The van der Waals surface area contributed by atoms with E-state index >= 15 is 0 Å². The number of halogens is 1. The Morgan fingerprint density at radius 2 is 2.05 bits per heavy atom. The van der Waals surface area contributed by atoms with E-state index in [0.29, 0.717) is 43.7 Å². The van der Waals surface area contributed by atoms with E-state index in [4.69, 9.17) is 4.74 Å². The fourth-order valence-corrected chi connectivity index (χ4v) is 7.47. The average molecular weight is 569 g/mol. The molecular weight excluding hydrogens is 539 g/mol. The molecule has 9 nitrogen and oxygen atoms in total. The molecule has 1 fully saturated rings. The Labute approximate surface area is 220 Å². The summed E-state index contributed by atoms with van der Waals surface area (Å²) in [4.78, 5) is 6.07. The van der Waals surface area contributed by atoms with Crippen LogP contribution in [0.5, 0.6) is 5.75 Å². The number of fused-ring (bicyclic) bond motifs is 1. The smallest absolute Gasteiger partial charge is 0.263 e. The third-order valence-electron chi connectivity index (χ3n) is 6.65. The van der Waals surface area contributed by atoms with Gasteiger partial charge in [0, 0.05) is 54.5 Å². The van der Waals surface area contributed by atoms with Gasteiger partial charge in [0.05, 0.1) is 16.8 Å². The summed E-state index contributed by atoms with van der Waals surface area (Å²) in [6, 6.07) is 4.23. The molecule has 0 radical (unpaired) electrons. The molecule has 0 bridgehead atoms. The topological polar surface area (TPSA) is 119 Å². The Hall–Kier alpha value is -2.61. The number of piperidine rings is 1. The molecule has 2 aliphatic rings. The lowest BCUT2D eigenvalue weighted by atomic mass is 9.89. The summed E-state index contributed by atoms with van der Waals surface area (Å²) in [5.41, 5.74) is 1.42. The number of hydrogen-bond acceptors (Lipinski definition) is 9. The number of allylic oxidation sites excluding steroid dienone is 3. The minimum absolute atomic E-state index is 0.0311. The fraction of sp³-hybridized carbons (Fsp3) is 0.417. The van der Waals surface area contributed by atoms with Gasteiger partial charge in [-0.15, -0.1) is 0 Å². The zero-order chi connectivity index (χ0) is 26.8. The molecule has 37 heavy (non-hydrogen) atoms. The Morgan fingerprint density at radius 3 is 2.73 bits per heavy atom. The lowest BCUT2D eigenvalue weighted by Gasteiger charge is -2.45. The van der Waals surface area contributed by atoms with Crippen molar-refractivity contribution in [3.8, 4) is 5.75 Å². The van der Waals surface area contributed by atoms with E-state index in [1.54, 1.807) is 19.1 Å². The van der Waals surface area contributed by atoms with E-state index in [2.05, 4.69) is 25.6 Å².